The summed E-state index contributed by atoms with van der Waals surface area (Å²) >= 11 is 0. The van der Waals surface area contributed by atoms with Gasteiger partial charge >= 0.3 is 0 Å². The van der Waals surface area contributed by atoms with E-state index in [9.17, 15) is 14.4 Å². The number of halogens is 1. The van der Waals surface area contributed by atoms with Gasteiger partial charge in [-0.05, 0) is 37.0 Å². The molecule has 1 N–H and O–H groups in total. The zero-order valence-electron chi connectivity index (χ0n) is 14.6. The average molecular weight is 378 g/mol. The molecule has 140 valence electrons. The molecule has 3 aliphatic heterocycles. The van der Waals surface area contributed by atoms with Crippen LogP contribution in [0, 0.1) is 0 Å². The van der Waals surface area contributed by atoms with Crippen LogP contribution >= 0.6 is 12.4 Å². The maximum absolute atomic E-state index is 12.8. The zero-order valence-corrected chi connectivity index (χ0v) is 15.5. The Morgan fingerprint density at radius 2 is 1.65 bits per heavy atom. The number of hydrogen-bond donors (Lipinski definition) is 1. The van der Waals surface area contributed by atoms with Crippen molar-refractivity contribution in [1.82, 2.24) is 15.1 Å². The van der Waals surface area contributed by atoms with Crippen LogP contribution in [0.25, 0.3) is 0 Å². The van der Waals surface area contributed by atoms with Gasteiger partial charge < -0.3 is 10.2 Å². The molecule has 6 nitrogen and oxygen atoms in total. The van der Waals surface area contributed by atoms with Gasteiger partial charge in [0.2, 0.25) is 11.8 Å². The Kier molecular flexibility index (Phi) is 5.63. The number of fused-ring (bicyclic) bond motifs is 2. The third-order valence-electron chi connectivity index (χ3n) is 5.51. The first-order valence-corrected chi connectivity index (χ1v) is 9.07. The maximum atomic E-state index is 12.8. The van der Waals surface area contributed by atoms with Crippen molar-refractivity contribution in [2.24, 2.45) is 0 Å². The van der Waals surface area contributed by atoms with Gasteiger partial charge in [0.05, 0.1) is 6.54 Å². The van der Waals surface area contributed by atoms with Gasteiger partial charge in [0, 0.05) is 43.6 Å². The highest BCUT2D eigenvalue weighted by molar-refractivity contribution is 6.01. The normalized spacial score (nSPS) is 25.2. The number of imide groups is 1. The summed E-state index contributed by atoms with van der Waals surface area (Å²) in [7, 11) is 0. The molecule has 0 aliphatic carbocycles. The molecule has 2 bridgehead atoms. The second-order valence-electron chi connectivity index (χ2n) is 7.25. The van der Waals surface area contributed by atoms with Crippen molar-refractivity contribution in [1.29, 1.82) is 0 Å². The van der Waals surface area contributed by atoms with Crippen molar-refractivity contribution in [3.05, 3.63) is 35.4 Å². The first-order valence-electron chi connectivity index (χ1n) is 9.07. The Morgan fingerprint density at radius 1 is 1.00 bits per heavy atom. The van der Waals surface area contributed by atoms with E-state index in [0.29, 0.717) is 37.0 Å². The van der Waals surface area contributed by atoms with Gasteiger partial charge in [-0.1, -0.05) is 12.1 Å². The van der Waals surface area contributed by atoms with E-state index in [0.717, 1.165) is 31.5 Å². The van der Waals surface area contributed by atoms with E-state index in [1.54, 1.807) is 12.1 Å². The van der Waals surface area contributed by atoms with E-state index in [2.05, 4.69) is 5.32 Å². The van der Waals surface area contributed by atoms with E-state index in [1.807, 2.05) is 17.0 Å². The average Bonchev–Trinajstić information content (AvgIpc) is 3.11. The molecule has 2 unspecified atom stereocenters. The highest BCUT2D eigenvalue weighted by Gasteiger charge is 2.32. The number of nitrogens with one attached hydrogen (secondary N) is 1. The number of likely N-dealkylation sites (tertiary alicyclic amines) is 2. The van der Waals surface area contributed by atoms with Crippen LogP contribution < -0.4 is 5.32 Å². The number of benzene rings is 1. The van der Waals surface area contributed by atoms with Gasteiger partial charge in [-0.3, -0.25) is 19.3 Å². The van der Waals surface area contributed by atoms with E-state index in [4.69, 9.17) is 0 Å². The van der Waals surface area contributed by atoms with E-state index >= 15 is 0 Å². The lowest BCUT2D eigenvalue weighted by Gasteiger charge is -2.24. The SMILES string of the molecule is Cl.O=C(c1ccc(CN2C(=O)CCC2=O)cc1)N1CCC2CCC(C1)N2. The lowest BCUT2D eigenvalue weighted by molar-refractivity contribution is -0.139. The Morgan fingerprint density at radius 3 is 2.35 bits per heavy atom. The lowest BCUT2D eigenvalue weighted by atomic mass is 10.1. The van der Waals surface area contributed by atoms with Crippen LogP contribution in [0.2, 0.25) is 0 Å². The Balaban J connectivity index is 0.00000196. The highest BCUT2D eigenvalue weighted by Crippen LogP contribution is 2.22. The molecule has 1 aromatic rings. The summed E-state index contributed by atoms with van der Waals surface area (Å²) in [4.78, 5) is 39.4. The van der Waals surface area contributed by atoms with Crippen molar-refractivity contribution in [2.75, 3.05) is 13.1 Å². The predicted molar refractivity (Wildman–Crippen MR) is 98.9 cm³/mol. The predicted octanol–water partition coefficient (Wildman–Crippen LogP) is 1.72. The molecule has 3 fully saturated rings. The van der Waals surface area contributed by atoms with Gasteiger partial charge in [0.25, 0.3) is 5.91 Å². The third kappa shape index (κ3) is 3.76. The largest absolute Gasteiger partial charge is 0.337 e. The summed E-state index contributed by atoms with van der Waals surface area (Å²) in [5, 5.41) is 3.58. The van der Waals surface area contributed by atoms with E-state index in [-0.39, 0.29) is 30.1 Å². The maximum Gasteiger partial charge on any atom is 0.253 e. The smallest absolute Gasteiger partial charge is 0.253 e. The number of hydrogen-bond acceptors (Lipinski definition) is 4. The lowest BCUT2D eigenvalue weighted by Crippen LogP contribution is -2.39. The molecule has 0 radical (unpaired) electrons. The van der Waals surface area contributed by atoms with Crippen LogP contribution in [0.1, 0.15) is 48.0 Å². The Labute approximate surface area is 159 Å². The molecule has 3 aliphatic rings. The molecule has 26 heavy (non-hydrogen) atoms. The molecule has 4 rings (SSSR count). The Bertz CT molecular complexity index is 690. The molecule has 7 heteroatoms. The van der Waals surface area contributed by atoms with Crippen LogP contribution in [0.4, 0.5) is 0 Å². The summed E-state index contributed by atoms with van der Waals surface area (Å²) in [6.07, 6.45) is 3.99. The van der Waals surface area contributed by atoms with Crippen LogP contribution in [0.15, 0.2) is 24.3 Å². The first kappa shape index (κ1) is 18.9. The van der Waals surface area contributed by atoms with Gasteiger partial charge in [-0.25, -0.2) is 0 Å². The van der Waals surface area contributed by atoms with Crippen molar-refractivity contribution in [3.63, 3.8) is 0 Å². The first-order chi connectivity index (χ1) is 12.1. The summed E-state index contributed by atoms with van der Waals surface area (Å²) in [6.45, 7) is 1.86. The quantitative estimate of drug-likeness (QED) is 0.814. The fourth-order valence-electron chi connectivity index (χ4n) is 4.04. The van der Waals surface area contributed by atoms with Gasteiger partial charge in [0.1, 0.15) is 0 Å². The molecule has 3 heterocycles. The summed E-state index contributed by atoms with van der Waals surface area (Å²) in [5.41, 5.74) is 1.54. The molecule has 2 atom stereocenters. The second kappa shape index (κ2) is 7.76. The van der Waals surface area contributed by atoms with Crippen LogP contribution in [-0.4, -0.2) is 52.7 Å². The second-order valence-corrected chi connectivity index (χ2v) is 7.25. The zero-order chi connectivity index (χ0) is 17.4. The molecular weight excluding hydrogens is 354 g/mol. The molecule has 0 aromatic heterocycles. The van der Waals surface area contributed by atoms with Gasteiger partial charge in [-0.2, -0.15) is 0 Å². The highest BCUT2D eigenvalue weighted by atomic mass is 35.5. The number of nitrogens with zero attached hydrogens (tertiary/aromatic N) is 2. The Hall–Kier alpha value is -1.92. The van der Waals surface area contributed by atoms with E-state index in [1.165, 1.54) is 11.3 Å². The molecule has 3 amide bonds. The topological polar surface area (TPSA) is 69.7 Å². The number of amides is 3. The molecule has 1 aromatic carbocycles. The number of rotatable bonds is 3. The fraction of sp³-hybridized carbons (Fsp3) is 0.526. The number of carbonyl (C=O) groups is 3. The minimum atomic E-state index is -0.114. The van der Waals surface area contributed by atoms with Crippen LogP contribution in [0.3, 0.4) is 0 Å². The third-order valence-corrected chi connectivity index (χ3v) is 5.51. The van der Waals surface area contributed by atoms with Crippen LogP contribution in [-0.2, 0) is 16.1 Å². The summed E-state index contributed by atoms with van der Waals surface area (Å²) in [5.74, 6) is -0.163. The van der Waals surface area contributed by atoms with Crippen molar-refractivity contribution < 1.29 is 14.4 Å². The van der Waals surface area contributed by atoms with Gasteiger partial charge in [-0.15, -0.1) is 12.4 Å². The summed E-state index contributed by atoms with van der Waals surface area (Å²) < 4.78 is 0. The molecule has 3 saturated heterocycles. The van der Waals surface area contributed by atoms with Gasteiger partial charge in [0.15, 0.2) is 0 Å². The fourth-order valence-corrected chi connectivity index (χ4v) is 4.04. The standard InChI is InChI=1S/C19H23N3O3.ClH/c23-17-7-8-18(24)22(17)11-13-1-3-14(4-2-13)19(25)21-10-9-15-5-6-16(12-21)20-15;/h1-4,15-16,20H,5-12H2;1H. The monoisotopic (exact) mass is 377 g/mol. The van der Waals surface area contributed by atoms with Crippen molar-refractivity contribution in [2.45, 2.75) is 50.7 Å². The molecule has 0 spiro atoms. The number of carbonyl (C=O) groups excluding carboxylic acids is 3. The minimum Gasteiger partial charge on any atom is -0.337 e. The van der Waals surface area contributed by atoms with Crippen molar-refractivity contribution in [3.8, 4) is 0 Å². The molecule has 0 saturated carbocycles. The van der Waals surface area contributed by atoms with Crippen LogP contribution in [0.5, 0.6) is 0 Å². The minimum absolute atomic E-state index is 0. The van der Waals surface area contributed by atoms with E-state index < -0.39 is 0 Å². The molecular formula is C19H24ClN3O3. The van der Waals surface area contributed by atoms with Crippen molar-refractivity contribution >= 4 is 30.1 Å². The summed E-state index contributed by atoms with van der Waals surface area (Å²) in [6, 6.07) is 8.27.